The SMILES string of the molecule is Cc1cc(C2COCC2O)sn1. The molecule has 1 fully saturated rings. The van der Waals surface area contributed by atoms with Crippen LogP contribution in [0.25, 0.3) is 0 Å². The summed E-state index contributed by atoms with van der Waals surface area (Å²) >= 11 is 1.46. The van der Waals surface area contributed by atoms with Gasteiger partial charge < -0.3 is 9.84 Å². The minimum Gasteiger partial charge on any atom is -0.390 e. The molecule has 2 heterocycles. The van der Waals surface area contributed by atoms with Crippen molar-refractivity contribution in [1.82, 2.24) is 4.37 Å². The van der Waals surface area contributed by atoms with E-state index in [1.807, 2.05) is 13.0 Å². The van der Waals surface area contributed by atoms with E-state index in [2.05, 4.69) is 4.37 Å². The molecule has 1 aliphatic rings. The molecule has 1 aromatic heterocycles. The normalized spacial score (nSPS) is 29.5. The number of hydrogen-bond acceptors (Lipinski definition) is 4. The molecule has 0 spiro atoms. The fourth-order valence-corrected chi connectivity index (χ4v) is 2.26. The van der Waals surface area contributed by atoms with Crippen LogP contribution < -0.4 is 0 Å². The molecule has 2 rings (SSSR count). The van der Waals surface area contributed by atoms with Gasteiger partial charge in [0.25, 0.3) is 0 Å². The monoisotopic (exact) mass is 185 g/mol. The molecule has 2 unspecified atom stereocenters. The predicted octanol–water partition coefficient (Wildman–Crippen LogP) is 0.926. The van der Waals surface area contributed by atoms with Gasteiger partial charge in [-0.15, -0.1) is 0 Å². The van der Waals surface area contributed by atoms with Crippen LogP contribution in [0.15, 0.2) is 6.07 Å². The van der Waals surface area contributed by atoms with E-state index < -0.39 is 0 Å². The van der Waals surface area contributed by atoms with Crippen LogP contribution in [-0.4, -0.2) is 28.8 Å². The highest BCUT2D eigenvalue weighted by molar-refractivity contribution is 7.05. The van der Waals surface area contributed by atoms with Crippen molar-refractivity contribution in [2.24, 2.45) is 0 Å². The maximum atomic E-state index is 9.51. The van der Waals surface area contributed by atoms with E-state index in [4.69, 9.17) is 4.74 Å². The maximum absolute atomic E-state index is 9.51. The molecule has 0 bridgehead atoms. The van der Waals surface area contributed by atoms with Crippen LogP contribution >= 0.6 is 11.5 Å². The second-order valence-corrected chi connectivity index (χ2v) is 3.92. The van der Waals surface area contributed by atoms with Gasteiger partial charge in [0, 0.05) is 10.8 Å². The zero-order valence-electron chi connectivity index (χ0n) is 6.86. The number of aromatic nitrogens is 1. The fraction of sp³-hybridized carbons (Fsp3) is 0.625. The summed E-state index contributed by atoms with van der Waals surface area (Å²) < 4.78 is 9.33. The molecule has 0 amide bonds. The Hall–Kier alpha value is -0.450. The number of aliphatic hydroxyl groups excluding tert-OH is 1. The highest BCUT2D eigenvalue weighted by Gasteiger charge is 2.28. The van der Waals surface area contributed by atoms with Crippen molar-refractivity contribution >= 4 is 11.5 Å². The number of nitrogens with zero attached hydrogens (tertiary/aromatic N) is 1. The van der Waals surface area contributed by atoms with E-state index >= 15 is 0 Å². The number of aliphatic hydroxyl groups is 1. The van der Waals surface area contributed by atoms with E-state index in [9.17, 15) is 5.11 Å². The largest absolute Gasteiger partial charge is 0.390 e. The number of rotatable bonds is 1. The van der Waals surface area contributed by atoms with Gasteiger partial charge in [0.15, 0.2) is 0 Å². The van der Waals surface area contributed by atoms with Crippen molar-refractivity contribution in [3.63, 3.8) is 0 Å². The first kappa shape index (κ1) is 8.16. The van der Waals surface area contributed by atoms with E-state index in [-0.39, 0.29) is 12.0 Å². The predicted molar refractivity (Wildman–Crippen MR) is 46.4 cm³/mol. The zero-order valence-corrected chi connectivity index (χ0v) is 7.67. The van der Waals surface area contributed by atoms with Crippen molar-refractivity contribution in [3.05, 3.63) is 16.6 Å². The molecule has 66 valence electrons. The van der Waals surface area contributed by atoms with Gasteiger partial charge in [-0.2, -0.15) is 4.37 Å². The summed E-state index contributed by atoms with van der Waals surface area (Å²) in [6, 6.07) is 2.02. The average molecular weight is 185 g/mol. The van der Waals surface area contributed by atoms with Gasteiger partial charge in [-0.25, -0.2) is 0 Å². The van der Waals surface area contributed by atoms with Crippen LogP contribution in [-0.2, 0) is 4.74 Å². The Morgan fingerprint density at radius 3 is 3.00 bits per heavy atom. The topological polar surface area (TPSA) is 42.4 Å². The number of ether oxygens (including phenoxy) is 1. The first-order chi connectivity index (χ1) is 5.77. The molecule has 0 radical (unpaired) electrons. The fourth-order valence-electron chi connectivity index (χ4n) is 1.37. The number of hydrogen-bond donors (Lipinski definition) is 1. The molecular formula is C8H11NO2S. The Bertz CT molecular complexity index is 274. The molecule has 1 N–H and O–H groups in total. The molecule has 0 aliphatic carbocycles. The van der Waals surface area contributed by atoms with Crippen molar-refractivity contribution in [1.29, 1.82) is 0 Å². The third-order valence-corrected chi connectivity index (χ3v) is 3.07. The molecule has 4 heteroatoms. The summed E-state index contributed by atoms with van der Waals surface area (Å²) in [7, 11) is 0. The van der Waals surface area contributed by atoms with Gasteiger partial charge in [0.1, 0.15) is 0 Å². The van der Waals surface area contributed by atoms with E-state index in [0.29, 0.717) is 13.2 Å². The minimum atomic E-state index is -0.343. The van der Waals surface area contributed by atoms with Gasteiger partial charge >= 0.3 is 0 Å². The lowest BCUT2D eigenvalue weighted by atomic mass is 10.0. The smallest absolute Gasteiger partial charge is 0.0872 e. The lowest BCUT2D eigenvalue weighted by Gasteiger charge is -2.07. The first-order valence-corrected chi connectivity index (χ1v) is 4.74. The molecule has 1 saturated heterocycles. The summed E-state index contributed by atoms with van der Waals surface area (Å²) in [6.07, 6.45) is -0.343. The molecule has 1 aromatic rings. The molecular weight excluding hydrogens is 174 g/mol. The molecule has 2 atom stereocenters. The zero-order chi connectivity index (χ0) is 8.55. The first-order valence-electron chi connectivity index (χ1n) is 3.96. The van der Waals surface area contributed by atoms with Crippen LogP contribution in [0.4, 0.5) is 0 Å². The quantitative estimate of drug-likeness (QED) is 0.707. The van der Waals surface area contributed by atoms with Crippen LogP contribution in [0.5, 0.6) is 0 Å². The Labute approximate surface area is 75.2 Å². The Morgan fingerprint density at radius 1 is 1.67 bits per heavy atom. The molecule has 0 saturated carbocycles. The second-order valence-electron chi connectivity index (χ2n) is 3.08. The van der Waals surface area contributed by atoms with Gasteiger partial charge in [-0.3, -0.25) is 0 Å². The molecule has 3 nitrogen and oxygen atoms in total. The lowest BCUT2D eigenvalue weighted by molar-refractivity contribution is 0.125. The van der Waals surface area contributed by atoms with Crippen molar-refractivity contribution < 1.29 is 9.84 Å². The standard InChI is InChI=1S/C8H11NO2S/c1-5-2-8(12-9-5)6-3-11-4-7(6)10/h2,6-7,10H,3-4H2,1H3. The summed E-state index contributed by atoms with van der Waals surface area (Å²) in [5.74, 6) is 0.149. The summed E-state index contributed by atoms with van der Waals surface area (Å²) in [6.45, 7) is 3.05. The van der Waals surface area contributed by atoms with Crippen LogP contribution in [0.2, 0.25) is 0 Å². The minimum absolute atomic E-state index is 0.149. The highest BCUT2D eigenvalue weighted by Crippen LogP contribution is 2.28. The van der Waals surface area contributed by atoms with Gasteiger partial charge in [-0.05, 0) is 24.5 Å². The average Bonchev–Trinajstić information content (AvgIpc) is 2.58. The Kier molecular flexibility index (Phi) is 2.12. The summed E-state index contributed by atoms with van der Waals surface area (Å²) in [5, 5.41) is 9.51. The van der Waals surface area contributed by atoms with Gasteiger partial charge in [0.2, 0.25) is 0 Å². The third kappa shape index (κ3) is 1.37. The van der Waals surface area contributed by atoms with Crippen molar-refractivity contribution in [3.8, 4) is 0 Å². The van der Waals surface area contributed by atoms with E-state index in [0.717, 1.165) is 10.6 Å². The van der Waals surface area contributed by atoms with E-state index in [1.54, 1.807) is 0 Å². The van der Waals surface area contributed by atoms with Crippen LogP contribution in [0, 0.1) is 6.92 Å². The van der Waals surface area contributed by atoms with Crippen molar-refractivity contribution in [2.45, 2.75) is 18.9 Å². The molecule has 1 aliphatic heterocycles. The van der Waals surface area contributed by atoms with Gasteiger partial charge in [0.05, 0.1) is 25.0 Å². The van der Waals surface area contributed by atoms with Gasteiger partial charge in [-0.1, -0.05) is 0 Å². The Balaban J connectivity index is 2.19. The lowest BCUT2D eigenvalue weighted by Crippen LogP contribution is -2.14. The molecule has 12 heavy (non-hydrogen) atoms. The van der Waals surface area contributed by atoms with E-state index in [1.165, 1.54) is 11.5 Å². The molecule has 0 aromatic carbocycles. The van der Waals surface area contributed by atoms with Crippen LogP contribution in [0.1, 0.15) is 16.5 Å². The Morgan fingerprint density at radius 2 is 2.50 bits per heavy atom. The number of aryl methyl sites for hydroxylation is 1. The third-order valence-electron chi connectivity index (χ3n) is 2.06. The maximum Gasteiger partial charge on any atom is 0.0872 e. The second kappa shape index (κ2) is 3.12. The van der Waals surface area contributed by atoms with Crippen LogP contribution in [0.3, 0.4) is 0 Å². The summed E-state index contributed by atoms with van der Waals surface area (Å²) in [4.78, 5) is 1.14. The highest BCUT2D eigenvalue weighted by atomic mass is 32.1. The van der Waals surface area contributed by atoms with Crippen molar-refractivity contribution in [2.75, 3.05) is 13.2 Å². The summed E-state index contributed by atoms with van der Waals surface area (Å²) in [5.41, 5.74) is 1.02.